The van der Waals surface area contributed by atoms with E-state index in [1.54, 1.807) is 6.20 Å². The van der Waals surface area contributed by atoms with E-state index >= 15 is 0 Å². The molecule has 0 spiro atoms. The fourth-order valence-electron chi connectivity index (χ4n) is 1.47. The summed E-state index contributed by atoms with van der Waals surface area (Å²) in [6, 6.07) is 1.84. The van der Waals surface area contributed by atoms with Crippen LogP contribution in [0, 0.1) is 6.92 Å². The van der Waals surface area contributed by atoms with E-state index in [1.165, 1.54) is 4.90 Å². The van der Waals surface area contributed by atoms with Gasteiger partial charge in [0, 0.05) is 23.8 Å². The molecule has 0 saturated heterocycles. The highest BCUT2D eigenvalue weighted by Gasteiger charge is 2.15. The second-order valence-electron chi connectivity index (χ2n) is 3.42. The number of aromatic nitrogens is 1. The van der Waals surface area contributed by atoms with Crippen LogP contribution in [-0.4, -0.2) is 31.0 Å². The largest absolute Gasteiger partial charge is 0.349 e. The maximum Gasteiger partial charge on any atom is 0.255 e. The lowest BCUT2D eigenvalue weighted by Crippen LogP contribution is -2.34. The predicted molar refractivity (Wildman–Crippen MR) is 63.9 cm³/mol. The summed E-state index contributed by atoms with van der Waals surface area (Å²) in [6.07, 6.45) is -0.798. The van der Waals surface area contributed by atoms with E-state index in [4.69, 9.17) is 5.73 Å². The van der Waals surface area contributed by atoms with E-state index in [9.17, 15) is 8.78 Å². The standard InChI is InChI=1S/C10H14BrF2N3/c1-7-4-8(11)5-15-10(7)16(3-2-14)6-9(12)13/h4-5,9H,2-3,6,14H2,1H3. The number of hydrogen-bond donors (Lipinski definition) is 1. The van der Waals surface area contributed by atoms with Gasteiger partial charge in [0.25, 0.3) is 6.43 Å². The Labute approximate surface area is 102 Å². The highest BCUT2D eigenvalue weighted by Crippen LogP contribution is 2.21. The summed E-state index contributed by atoms with van der Waals surface area (Å²) in [5.74, 6) is 0.564. The lowest BCUT2D eigenvalue weighted by atomic mass is 10.2. The van der Waals surface area contributed by atoms with Crippen LogP contribution in [0.25, 0.3) is 0 Å². The number of hydrogen-bond acceptors (Lipinski definition) is 3. The Balaban J connectivity index is 2.91. The summed E-state index contributed by atoms with van der Waals surface area (Å²) in [7, 11) is 0. The Hall–Kier alpha value is -0.750. The second kappa shape index (κ2) is 6.10. The van der Waals surface area contributed by atoms with Crippen LogP contribution in [0.5, 0.6) is 0 Å². The first-order chi connectivity index (χ1) is 7.54. The molecule has 1 aromatic heterocycles. The summed E-state index contributed by atoms with van der Waals surface area (Å²) in [6.45, 7) is 2.19. The topological polar surface area (TPSA) is 42.2 Å². The first-order valence-corrected chi connectivity index (χ1v) is 5.69. The van der Waals surface area contributed by atoms with Gasteiger partial charge in [-0.3, -0.25) is 0 Å². The van der Waals surface area contributed by atoms with Crippen molar-refractivity contribution < 1.29 is 8.78 Å². The van der Waals surface area contributed by atoms with Crippen molar-refractivity contribution in [1.82, 2.24) is 4.98 Å². The molecule has 0 aliphatic rings. The average Bonchev–Trinajstić information content (AvgIpc) is 2.16. The van der Waals surface area contributed by atoms with Crippen molar-refractivity contribution in [2.45, 2.75) is 13.3 Å². The van der Waals surface area contributed by atoms with Gasteiger partial charge in [0.15, 0.2) is 0 Å². The molecule has 3 nitrogen and oxygen atoms in total. The van der Waals surface area contributed by atoms with Crippen molar-refractivity contribution in [3.05, 3.63) is 22.3 Å². The van der Waals surface area contributed by atoms with Gasteiger partial charge in [-0.25, -0.2) is 13.8 Å². The molecule has 0 atom stereocenters. The van der Waals surface area contributed by atoms with Gasteiger partial charge in [-0.2, -0.15) is 0 Å². The molecule has 1 heterocycles. The minimum Gasteiger partial charge on any atom is -0.349 e. The zero-order chi connectivity index (χ0) is 12.1. The maximum atomic E-state index is 12.4. The zero-order valence-electron chi connectivity index (χ0n) is 8.96. The normalized spacial score (nSPS) is 10.9. The van der Waals surface area contributed by atoms with Crippen LogP contribution in [0.1, 0.15) is 5.56 Å². The number of nitrogens with two attached hydrogens (primary N) is 1. The van der Waals surface area contributed by atoms with E-state index in [1.807, 2.05) is 13.0 Å². The highest BCUT2D eigenvalue weighted by molar-refractivity contribution is 9.10. The van der Waals surface area contributed by atoms with E-state index in [0.717, 1.165) is 10.0 Å². The lowest BCUT2D eigenvalue weighted by molar-refractivity contribution is 0.154. The van der Waals surface area contributed by atoms with Crippen molar-refractivity contribution in [3.63, 3.8) is 0 Å². The maximum absolute atomic E-state index is 12.4. The molecule has 90 valence electrons. The van der Waals surface area contributed by atoms with Gasteiger partial charge in [0.1, 0.15) is 5.82 Å². The summed E-state index contributed by atoms with van der Waals surface area (Å²) >= 11 is 3.28. The summed E-state index contributed by atoms with van der Waals surface area (Å²) in [5, 5.41) is 0. The van der Waals surface area contributed by atoms with Crippen LogP contribution in [0.2, 0.25) is 0 Å². The van der Waals surface area contributed by atoms with Crippen LogP contribution in [0.4, 0.5) is 14.6 Å². The van der Waals surface area contributed by atoms with Gasteiger partial charge < -0.3 is 10.6 Å². The Morgan fingerprint density at radius 2 is 2.25 bits per heavy atom. The fraction of sp³-hybridized carbons (Fsp3) is 0.500. The molecular weight excluding hydrogens is 280 g/mol. The Morgan fingerprint density at radius 3 is 2.75 bits per heavy atom. The molecule has 0 fully saturated rings. The number of halogens is 3. The number of pyridine rings is 1. The van der Waals surface area contributed by atoms with E-state index in [2.05, 4.69) is 20.9 Å². The third kappa shape index (κ3) is 3.68. The molecule has 0 aliphatic heterocycles. The first kappa shape index (κ1) is 13.3. The Kier molecular flexibility index (Phi) is 5.08. The lowest BCUT2D eigenvalue weighted by Gasteiger charge is -2.24. The molecule has 0 bridgehead atoms. The van der Waals surface area contributed by atoms with E-state index in [-0.39, 0.29) is 6.54 Å². The molecular formula is C10H14BrF2N3. The number of rotatable bonds is 5. The first-order valence-electron chi connectivity index (χ1n) is 4.90. The second-order valence-corrected chi connectivity index (χ2v) is 4.34. The molecule has 0 amide bonds. The number of aryl methyl sites for hydroxylation is 1. The van der Waals surface area contributed by atoms with Crippen LogP contribution < -0.4 is 10.6 Å². The van der Waals surface area contributed by atoms with Gasteiger partial charge in [-0.05, 0) is 34.5 Å². The fourth-order valence-corrected chi connectivity index (χ4v) is 1.92. The molecule has 2 N–H and O–H groups in total. The van der Waals surface area contributed by atoms with Crippen molar-refractivity contribution in [1.29, 1.82) is 0 Å². The van der Waals surface area contributed by atoms with Crippen molar-refractivity contribution in [2.75, 3.05) is 24.5 Å². The quantitative estimate of drug-likeness (QED) is 0.905. The van der Waals surface area contributed by atoms with Crippen molar-refractivity contribution >= 4 is 21.7 Å². The molecule has 6 heteroatoms. The van der Waals surface area contributed by atoms with Crippen LogP contribution in [0.15, 0.2) is 16.7 Å². The summed E-state index contributed by atoms with van der Waals surface area (Å²) in [5.41, 5.74) is 6.25. The van der Waals surface area contributed by atoms with Crippen molar-refractivity contribution in [2.24, 2.45) is 5.73 Å². The van der Waals surface area contributed by atoms with E-state index in [0.29, 0.717) is 18.9 Å². The summed E-state index contributed by atoms with van der Waals surface area (Å²) in [4.78, 5) is 5.65. The monoisotopic (exact) mass is 293 g/mol. The molecule has 16 heavy (non-hydrogen) atoms. The summed E-state index contributed by atoms with van der Waals surface area (Å²) < 4.78 is 25.6. The van der Waals surface area contributed by atoms with Crippen LogP contribution in [0.3, 0.4) is 0 Å². The molecule has 0 saturated carbocycles. The highest BCUT2D eigenvalue weighted by atomic mass is 79.9. The smallest absolute Gasteiger partial charge is 0.255 e. The Bertz CT molecular complexity index is 347. The molecule has 0 aliphatic carbocycles. The minimum absolute atomic E-state index is 0.323. The van der Waals surface area contributed by atoms with Crippen LogP contribution in [-0.2, 0) is 0 Å². The number of nitrogens with zero attached hydrogens (tertiary/aromatic N) is 2. The number of anilines is 1. The van der Waals surface area contributed by atoms with Crippen molar-refractivity contribution in [3.8, 4) is 0 Å². The molecule has 1 rings (SSSR count). The molecule has 0 aromatic carbocycles. The third-order valence-electron chi connectivity index (χ3n) is 2.07. The predicted octanol–water partition coefficient (Wildman–Crippen LogP) is 2.18. The third-order valence-corrected chi connectivity index (χ3v) is 2.51. The van der Waals surface area contributed by atoms with Gasteiger partial charge in [-0.1, -0.05) is 0 Å². The Morgan fingerprint density at radius 1 is 1.56 bits per heavy atom. The zero-order valence-corrected chi connectivity index (χ0v) is 10.5. The SMILES string of the molecule is Cc1cc(Br)cnc1N(CCN)CC(F)F. The molecule has 0 radical (unpaired) electrons. The van der Waals surface area contributed by atoms with Crippen LogP contribution >= 0.6 is 15.9 Å². The van der Waals surface area contributed by atoms with Gasteiger partial charge in [-0.15, -0.1) is 0 Å². The van der Waals surface area contributed by atoms with Gasteiger partial charge in [0.2, 0.25) is 0 Å². The molecule has 0 unspecified atom stereocenters. The molecule has 1 aromatic rings. The number of alkyl halides is 2. The minimum atomic E-state index is -2.39. The van der Waals surface area contributed by atoms with Gasteiger partial charge >= 0.3 is 0 Å². The average molecular weight is 294 g/mol. The van der Waals surface area contributed by atoms with E-state index < -0.39 is 6.43 Å². The van der Waals surface area contributed by atoms with Gasteiger partial charge in [0.05, 0.1) is 6.54 Å².